The van der Waals surface area contributed by atoms with E-state index in [1.165, 1.54) is 0 Å². The number of hydrogen-bond acceptors (Lipinski definition) is 3. The minimum atomic E-state index is -0.622. The van der Waals surface area contributed by atoms with Crippen LogP contribution < -0.4 is 5.73 Å². The van der Waals surface area contributed by atoms with Gasteiger partial charge < -0.3 is 15.7 Å². The first-order valence-electron chi connectivity index (χ1n) is 5.96. The number of benzene rings is 1. The summed E-state index contributed by atoms with van der Waals surface area (Å²) in [7, 11) is 0. The van der Waals surface area contributed by atoms with E-state index >= 15 is 0 Å². The lowest BCUT2D eigenvalue weighted by atomic mass is 10.1. The molecule has 3 N–H and O–H groups in total. The lowest BCUT2D eigenvalue weighted by molar-refractivity contribution is -0.134. The van der Waals surface area contributed by atoms with Gasteiger partial charge in [-0.25, -0.2) is 0 Å². The molecule has 1 fully saturated rings. The van der Waals surface area contributed by atoms with Gasteiger partial charge in [0.15, 0.2) is 0 Å². The van der Waals surface area contributed by atoms with Crippen LogP contribution in [0, 0.1) is 0 Å². The SMILES string of the molecule is N[C@H](C(=O)N1CCC[C@@H]1CO)c1ccccc1. The molecule has 1 aromatic carbocycles. The number of likely N-dealkylation sites (tertiary alicyclic amines) is 1. The summed E-state index contributed by atoms with van der Waals surface area (Å²) in [5.74, 6) is -0.0900. The maximum atomic E-state index is 12.2. The molecule has 1 aliphatic rings. The van der Waals surface area contributed by atoms with E-state index in [-0.39, 0.29) is 18.6 Å². The lowest BCUT2D eigenvalue weighted by Crippen LogP contribution is -2.42. The molecule has 1 heterocycles. The number of aliphatic hydroxyl groups is 1. The van der Waals surface area contributed by atoms with Crippen LogP contribution >= 0.6 is 0 Å². The summed E-state index contributed by atoms with van der Waals surface area (Å²) in [6.07, 6.45) is 1.81. The molecule has 0 bridgehead atoms. The van der Waals surface area contributed by atoms with Crippen molar-refractivity contribution in [3.05, 3.63) is 35.9 Å². The zero-order chi connectivity index (χ0) is 12.3. The Labute approximate surface area is 101 Å². The number of carbonyl (C=O) groups is 1. The number of nitrogens with zero attached hydrogens (tertiary/aromatic N) is 1. The second kappa shape index (κ2) is 5.29. The monoisotopic (exact) mass is 234 g/mol. The predicted octanol–water partition coefficient (Wildman–Crippen LogP) is 0.670. The highest BCUT2D eigenvalue weighted by molar-refractivity contribution is 5.83. The van der Waals surface area contributed by atoms with E-state index < -0.39 is 6.04 Å². The first-order chi connectivity index (χ1) is 8.24. The summed E-state index contributed by atoms with van der Waals surface area (Å²) < 4.78 is 0. The third-order valence-electron chi connectivity index (χ3n) is 3.30. The molecule has 0 unspecified atom stereocenters. The summed E-state index contributed by atoms with van der Waals surface area (Å²) in [6.45, 7) is 0.720. The Morgan fingerprint density at radius 3 is 2.82 bits per heavy atom. The van der Waals surface area contributed by atoms with Crippen LogP contribution in [0.2, 0.25) is 0 Å². The van der Waals surface area contributed by atoms with E-state index in [9.17, 15) is 9.90 Å². The average Bonchev–Trinajstić information content (AvgIpc) is 2.86. The summed E-state index contributed by atoms with van der Waals surface area (Å²) in [6, 6.07) is 8.67. The molecule has 1 saturated heterocycles. The van der Waals surface area contributed by atoms with Crippen LogP contribution in [-0.4, -0.2) is 35.1 Å². The van der Waals surface area contributed by atoms with Gasteiger partial charge in [0.25, 0.3) is 0 Å². The van der Waals surface area contributed by atoms with Crippen LogP contribution in [-0.2, 0) is 4.79 Å². The van der Waals surface area contributed by atoms with Gasteiger partial charge >= 0.3 is 0 Å². The molecule has 1 amide bonds. The summed E-state index contributed by atoms with van der Waals surface area (Å²) in [4.78, 5) is 13.9. The van der Waals surface area contributed by atoms with Gasteiger partial charge in [0.05, 0.1) is 12.6 Å². The fraction of sp³-hybridized carbons (Fsp3) is 0.462. The Kier molecular flexibility index (Phi) is 3.76. The van der Waals surface area contributed by atoms with Crippen LogP contribution in [0.25, 0.3) is 0 Å². The van der Waals surface area contributed by atoms with Crippen molar-refractivity contribution in [2.75, 3.05) is 13.2 Å². The second-order valence-electron chi connectivity index (χ2n) is 4.40. The third kappa shape index (κ3) is 2.48. The van der Waals surface area contributed by atoms with Gasteiger partial charge in [-0.2, -0.15) is 0 Å². The van der Waals surface area contributed by atoms with Crippen LogP contribution in [0.15, 0.2) is 30.3 Å². The van der Waals surface area contributed by atoms with Crippen molar-refractivity contribution in [3.8, 4) is 0 Å². The van der Waals surface area contributed by atoms with Gasteiger partial charge in [0.2, 0.25) is 5.91 Å². The smallest absolute Gasteiger partial charge is 0.244 e. The van der Waals surface area contributed by atoms with E-state index in [0.717, 1.165) is 18.4 Å². The van der Waals surface area contributed by atoms with Crippen LogP contribution in [0.5, 0.6) is 0 Å². The molecular formula is C13H18N2O2. The van der Waals surface area contributed by atoms with Gasteiger partial charge in [-0.3, -0.25) is 4.79 Å². The molecule has 0 radical (unpaired) electrons. The van der Waals surface area contributed by atoms with E-state index in [0.29, 0.717) is 6.54 Å². The Morgan fingerprint density at radius 1 is 1.47 bits per heavy atom. The van der Waals surface area contributed by atoms with Crippen molar-refractivity contribution in [1.82, 2.24) is 4.90 Å². The highest BCUT2D eigenvalue weighted by atomic mass is 16.3. The summed E-state index contributed by atoms with van der Waals surface area (Å²) >= 11 is 0. The van der Waals surface area contributed by atoms with E-state index in [4.69, 9.17) is 5.73 Å². The van der Waals surface area contributed by atoms with Crippen LogP contribution in [0.3, 0.4) is 0 Å². The zero-order valence-electron chi connectivity index (χ0n) is 9.75. The van der Waals surface area contributed by atoms with E-state index in [2.05, 4.69) is 0 Å². The molecule has 4 heteroatoms. The third-order valence-corrected chi connectivity index (χ3v) is 3.30. The molecule has 17 heavy (non-hydrogen) atoms. The Bertz CT molecular complexity index is 380. The highest BCUT2D eigenvalue weighted by Crippen LogP contribution is 2.21. The number of rotatable bonds is 3. The van der Waals surface area contributed by atoms with Crippen molar-refractivity contribution in [1.29, 1.82) is 0 Å². The Hall–Kier alpha value is -1.39. The zero-order valence-corrected chi connectivity index (χ0v) is 9.75. The van der Waals surface area contributed by atoms with Crippen LogP contribution in [0.1, 0.15) is 24.4 Å². The maximum absolute atomic E-state index is 12.2. The molecule has 92 valence electrons. The fourth-order valence-corrected chi connectivity index (χ4v) is 2.30. The van der Waals surface area contributed by atoms with Crippen molar-refractivity contribution in [2.45, 2.75) is 24.9 Å². The summed E-state index contributed by atoms with van der Waals surface area (Å²) in [5, 5.41) is 9.20. The van der Waals surface area contributed by atoms with Gasteiger partial charge in [-0.1, -0.05) is 30.3 Å². The first kappa shape index (κ1) is 12.1. The molecule has 1 aliphatic heterocycles. The molecule has 1 aromatic rings. The molecule has 0 spiro atoms. The quantitative estimate of drug-likeness (QED) is 0.807. The minimum Gasteiger partial charge on any atom is -0.394 e. The number of nitrogens with two attached hydrogens (primary N) is 1. The number of carbonyl (C=O) groups excluding carboxylic acids is 1. The highest BCUT2D eigenvalue weighted by Gasteiger charge is 2.31. The average molecular weight is 234 g/mol. The van der Waals surface area contributed by atoms with Crippen molar-refractivity contribution in [2.24, 2.45) is 5.73 Å². The summed E-state index contributed by atoms with van der Waals surface area (Å²) in [5.41, 5.74) is 6.78. The first-order valence-corrected chi connectivity index (χ1v) is 5.96. The molecule has 0 saturated carbocycles. The molecule has 0 aromatic heterocycles. The fourth-order valence-electron chi connectivity index (χ4n) is 2.30. The Balaban J connectivity index is 2.10. The van der Waals surface area contributed by atoms with Crippen molar-refractivity contribution in [3.63, 3.8) is 0 Å². The molecular weight excluding hydrogens is 216 g/mol. The second-order valence-corrected chi connectivity index (χ2v) is 4.40. The molecule has 2 rings (SSSR count). The lowest BCUT2D eigenvalue weighted by Gasteiger charge is -2.26. The Morgan fingerprint density at radius 2 is 2.18 bits per heavy atom. The predicted molar refractivity (Wildman–Crippen MR) is 65.2 cm³/mol. The van der Waals surface area contributed by atoms with Crippen molar-refractivity contribution >= 4 is 5.91 Å². The number of aliphatic hydroxyl groups excluding tert-OH is 1. The van der Waals surface area contributed by atoms with E-state index in [1.54, 1.807) is 4.90 Å². The van der Waals surface area contributed by atoms with Crippen LogP contribution in [0.4, 0.5) is 0 Å². The number of amides is 1. The molecule has 2 atom stereocenters. The normalized spacial score (nSPS) is 21.5. The largest absolute Gasteiger partial charge is 0.394 e. The standard InChI is InChI=1S/C13H18N2O2/c14-12(10-5-2-1-3-6-10)13(17)15-8-4-7-11(15)9-16/h1-3,5-6,11-12,16H,4,7-9,14H2/t11-,12+/m1/s1. The van der Waals surface area contributed by atoms with Gasteiger partial charge in [-0.05, 0) is 18.4 Å². The number of hydrogen-bond donors (Lipinski definition) is 2. The van der Waals surface area contributed by atoms with E-state index in [1.807, 2.05) is 30.3 Å². The topological polar surface area (TPSA) is 66.6 Å². The van der Waals surface area contributed by atoms with Crippen molar-refractivity contribution < 1.29 is 9.90 Å². The van der Waals surface area contributed by atoms with Gasteiger partial charge in [-0.15, -0.1) is 0 Å². The van der Waals surface area contributed by atoms with Gasteiger partial charge in [0.1, 0.15) is 6.04 Å². The molecule has 4 nitrogen and oxygen atoms in total. The minimum absolute atomic E-state index is 0.0211. The van der Waals surface area contributed by atoms with Gasteiger partial charge in [0, 0.05) is 6.54 Å². The maximum Gasteiger partial charge on any atom is 0.244 e. The molecule has 0 aliphatic carbocycles.